The van der Waals surface area contributed by atoms with E-state index in [0.29, 0.717) is 17.5 Å². The van der Waals surface area contributed by atoms with Crippen molar-refractivity contribution in [2.24, 2.45) is 0 Å². The van der Waals surface area contributed by atoms with Crippen LogP contribution in [0.5, 0.6) is 5.75 Å². The van der Waals surface area contributed by atoms with Gasteiger partial charge in [0.15, 0.2) is 0 Å². The molecule has 0 unspecified atom stereocenters. The van der Waals surface area contributed by atoms with Crippen molar-refractivity contribution in [1.29, 1.82) is 0 Å². The molecule has 0 amide bonds. The Morgan fingerprint density at radius 3 is 2.50 bits per heavy atom. The molecule has 2 aromatic rings. The number of methoxy groups -OCH3 is 1. The summed E-state index contributed by atoms with van der Waals surface area (Å²) >= 11 is 0. The number of aromatic nitrogens is 2. The van der Waals surface area contributed by atoms with Gasteiger partial charge in [0.25, 0.3) is 0 Å². The largest absolute Gasteiger partial charge is 0.497 e. The maximum Gasteiger partial charge on any atom is 0.421 e. The molecule has 0 atom stereocenters. The van der Waals surface area contributed by atoms with Crippen molar-refractivity contribution in [2.75, 3.05) is 42.4 Å². The molecule has 12 heteroatoms. The third-order valence-electron chi connectivity index (χ3n) is 3.89. The zero-order valence-electron chi connectivity index (χ0n) is 15.6. The Kier molecular flexibility index (Phi) is 6.22. The highest BCUT2D eigenvalue weighted by Crippen LogP contribution is 2.34. The van der Waals surface area contributed by atoms with Crippen molar-refractivity contribution in [3.63, 3.8) is 0 Å². The summed E-state index contributed by atoms with van der Waals surface area (Å²) in [7, 11) is 0.657. The smallest absolute Gasteiger partial charge is 0.421 e. The molecular weight excluding hydrogens is 399 g/mol. The number of hydrogen-bond acceptors (Lipinski definition) is 7. The number of halogens is 3. The lowest BCUT2D eigenvalue weighted by atomic mass is 10.1. The molecule has 0 aliphatic heterocycles. The molecule has 0 radical (unpaired) electrons. The summed E-state index contributed by atoms with van der Waals surface area (Å²) in [5.41, 5.74) is -0.324. The molecule has 0 bridgehead atoms. The fourth-order valence-electron chi connectivity index (χ4n) is 2.32. The summed E-state index contributed by atoms with van der Waals surface area (Å²) in [6.07, 6.45) is -2.95. The Balaban J connectivity index is 2.42. The van der Waals surface area contributed by atoms with Gasteiger partial charge in [0.1, 0.15) is 17.1 Å². The lowest BCUT2D eigenvalue weighted by molar-refractivity contribution is -0.137. The first-order chi connectivity index (χ1) is 13.0. The number of ether oxygens (including phenoxy) is 1. The number of nitrogens with zero attached hydrogens (tertiary/aromatic N) is 3. The van der Waals surface area contributed by atoms with Gasteiger partial charge in [0.2, 0.25) is 16.0 Å². The third-order valence-corrected chi connectivity index (χ3v) is 5.08. The lowest BCUT2D eigenvalue weighted by Gasteiger charge is -2.22. The second-order valence-electron chi connectivity index (χ2n) is 5.78. The molecule has 1 aromatic heterocycles. The van der Waals surface area contributed by atoms with Crippen LogP contribution in [0.2, 0.25) is 0 Å². The topological polar surface area (TPSA) is 96.5 Å². The van der Waals surface area contributed by atoms with E-state index >= 15 is 0 Å². The first-order valence-corrected chi connectivity index (χ1v) is 9.79. The molecule has 1 heterocycles. The summed E-state index contributed by atoms with van der Waals surface area (Å²) < 4.78 is 69.6. The number of nitrogens with one attached hydrogen (secondary N) is 2. The van der Waals surface area contributed by atoms with Crippen molar-refractivity contribution in [3.8, 4) is 5.75 Å². The van der Waals surface area contributed by atoms with Crippen LogP contribution in [0, 0.1) is 0 Å². The normalized spacial score (nSPS) is 11.8. The molecule has 0 saturated heterocycles. The van der Waals surface area contributed by atoms with Gasteiger partial charge >= 0.3 is 6.18 Å². The first kappa shape index (κ1) is 21.5. The van der Waals surface area contributed by atoms with Gasteiger partial charge in [-0.1, -0.05) is 6.07 Å². The average Bonchev–Trinajstić information content (AvgIpc) is 2.63. The summed E-state index contributed by atoms with van der Waals surface area (Å²) in [6.45, 7) is -0.109. The van der Waals surface area contributed by atoms with Gasteiger partial charge < -0.3 is 15.4 Å². The predicted molar refractivity (Wildman–Crippen MR) is 100 cm³/mol. The van der Waals surface area contributed by atoms with Gasteiger partial charge in [-0.15, -0.1) is 0 Å². The number of alkyl halides is 3. The van der Waals surface area contributed by atoms with Crippen molar-refractivity contribution in [1.82, 2.24) is 9.97 Å². The fourth-order valence-corrected chi connectivity index (χ4v) is 2.84. The number of benzene rings is 1. The van der Waals surface area contributed by atoms with Crippen LogP contribution in [0.1, 0.15) is 11.1 Å². The SMILES string of the molecule is CNc1ncc(C(F)(F)F)c(NCc2ccc(OC)cc2N(C)S(C)(=O)=O)n1. The number of anilines is 3. The highest BCUT2D eigenvalue weighted by molar-refractivity contribution is 7.92. The van der Waals surface area contributed by atoms with E-state index in [-0.39, 0.29) is 18.2 Å². The molecule has 0 aliphatic rings. The van der Waals surface area contributed by atoms with Crippen LogP contribution >= 0.6 is 0 Å². The van der Waals surface area contributed by atoms with Crippen LogP contribution in [0.25, 0.3) is 0 Å². The Morgan fingerprint density at radius 1 is 1.29 bits per heavy atom. The molecule has 8 nitrogen and oxygen atoms in total. The van der Waals surface area contributed by atoms with Gasteiger partial charge in [-0.2, -0.15) is 18.2 Å². The van der Waals surface area contributed by atoms with Crippen molar-refractivity contribution in [2.45, 2.75) is 12.7 Å². The third kappa shape index (κ3) is 4.94. The molecule has 154 valence electrons. The Morgan fingerprint density at radius 2 is 1.96 bits per heavy atom. The number of rotatable bonds is 7. The van der Waals surface area contributed by atoms with Crippen LogP contribution in [0.15, 0.2) is 24.4 Å². The number of sulfonamides is 1. The average molecular weight is 419 g/mol. The van der Waals surface area contributed by atoms with E-state index in [1.807, 2.05) is 0 Å². The standard InChI is InChI=1S/C16H20F3N5O3S/c1-20-15-22-9-12(16(17,18)19)14(23-15)21-8-10-5-6-11(27-3)7-13(10)24(2)28(4,25)26/h5-7,9H,8H2,1-4H3,(H2,20,21,22,23). The molecule has 0 fully saturated rings. The molecule has 28 heavy (non-hydrogen) atoms. The zero-order valence-corrected chi connectivity index (χ0v) is 16.4. The van der Waals surface area contributed by atoms with Gasteiger partial charge in [-0.3, -0.25) is 4.31 Å². The van der Waals surface area contributed by atoms with Crippen LogP contribution < -0.4 is 19.7 Å². The van der Waals surface area contributed by atoms with Crippen LogP contribution in [-0.2, 0) is 22.7 Å². The molecule has 1 aromatic carbocycles. The van der Waals surface area contributed by atoms with E-state index in [1.54, 1.807) is 12.1 Å². The molecule has 0 aliphatic carbocycles. The van der Waals surface area contributed by atoms with E-state index in [4.69, 9.17) is 4.74 Å². The lowest BCUT2D eigenvalue weighted by Crippen LogP contribution is -2.26. The van der Waals surface area contributed by atoms with E-state index in [9.17, 15) is 21.6 Å². The summed E-state index contributed by atoms with van der Waals surface area (Å²) in [6, 6.07) is 4.64. The molecule has 0 saturated carbocycles. The van der Waals surface area contributed by atoms with Crippen molar-refractivity contribution in [3.05, 3.63) is 35.5 Å². The Bertz CT molecular complexity index is 951. The van der Waals surface area contributed by atoms with Gasteiger partial charge in [0, 0.05) is 32.9 Å². The van der Waals surface area contributed by atoms with Crippen molar-refractivity contribution < 1.29 is 26.3 Å². The summed E-state index contributed by atoms with van der Waals surface area (Å²) in [5, 5.41) is 5.20. The van der Waals surface area contributed by atoms with Gasteiger partial charge in [-0.25, -0.2) is 13.4 Å². The van der Waals surface area contributed by atoms with Crippen LogP contribution in [0.4, 0.5) is 30.6 Å². The second kappa shape index (κ2) is 8.09. The maximum atomic E-state index is 13.2. The van der Waals surface area contributed by atoms with E-state index < -0.39 is 27.6 Å². The fraction of sp³-hybridized carbons (Fsp3) is 0.375. The molecular formula is C16H20F3N5O3S. The van der Waals surface area contributed by atoms with E-state index in [0.717, 1.165) is 10.6 Å². The predicted octanol–water partition coefficient (Wildman–Crippen LogP) is 2.55. The van der Waals surface area contributed by atoms with Crippen LogP contribution in [-0.4, -0.2) is 45.8 Å². The second-order valence-corrected chi connectivity index (χ2v) is 7.80. The summed E-state index contributed by atoms with van der Waals surface area (Å²) in [5.74, 6) is -0.000860. The zero-order chi connectivity index (χ0) is 21.1. The first-order valence-electron chi connectivity index (χ1n) is 7.94. The van der Waals surface area contributed by atoms with Crippen molar-refractivity contribution >= 4 is 27.5 Å². The Labute approximate surface area is 160 Å². The minimum atomic E-state index is -4.65. The number of hydrogen-bond donors (Lipinski definition) is 2. The minimum absolute atomic E-state index is 0.0127. The van der Waals surface area contributed by atoms with E-state index in [1.165, 1.54) is 27.3 Å². The highest BCUT2D eigenvalue weighted by atomic mass is 32.2. The minimum Gasteiger partial charge on any atom is -0.497 e. The van der Waals surface area contributed by atoms with Gasteiger partial charge in [0.05, 0.1) is 19.1 Å². The van der Waals surface area contributed by atoms with Crippen LogP contribution in [0.3, 0.4) is 0 Å². The molecule has 0 spiro atoms. The highest BCUT2D eigenvalue weighted by Gasteiger charge is 2.35. The quantitative estimate of drug-likeness (QED) is 0.712. The molecule has 2 N–H and O–H groups in total. The Hall–Kier alpha value is -2.76. The maximum absolute atomic E-state index is 13.2. The monoisotopic (exact) mass is 419 g/mol. The molecule has 2 rings (SSSR count). The van der Waals surface area contributed by atoms with Gasteiger partial charge in [-0.05, 0) is 11.6 Å². The summed E-state index contributed by atoms with van der Waals surface area (Å²) in [4.78, 5) is 7.41. The van der Waals surface area contributed by atoms with E-state index in [2.05, 4.69) is 20.6 Å².